The zero-order valence-corrected chi connectivity index (χ0v) is 14.9. The van der Waals surface area contributed by atoms with E-state index in [0.29, 0.717) is 31.7 Å². The Bertz CT molecular complexity index is 914. The number of rotatable bonds is 2. The van der Waals surface area contributed by atoms with E-state index in [-0.39, 0.29) is 23.0 Å². The maximum Gasteiger partial charge on any atom is 0.416 e. The minimum Gasteiger partial charge on any atom is -0.441 e. The molecule has 28 heavy (non-hydrogen) atoms. The summed E-state index contributed by atoms with van der Waals surface area (Å²) < 4.78 is 45.7. The minimum atomic E-state index is -4.54. The van der Waals surface area contributed by atoms with Crippen molar-refractivity contribution in [1.29, 1.82) is 0 Å². The maximum atomic E-state index is 13.5. The maximum absolute atomic E-state index is 13.5. The van der Waals surface area contributed by atoms with Gasteiger partial charge in [0.1, 0.15) is 29.8 Å². The Hall–Kier alpha value is -2.95. The molecular formula is C17H17F3N6O2. The van der Waals surface area contributed by atoms with Gasteiger partial charge in [-0.05, 0) is 19.1 Å². The Morgan fingerprint density at radius 1 is 1.21 bits per heavy atom. The number of ether oxygens (including phenoxy) is 1. The second-order valence-corrected chi connectivity index (χ2v) is 6.49. The molecule has 1 fully saturated rings. The number of cyclic esters (lactones) is 1. The highest BCUT2D eigenvalue weighted by Crippen LogP contribution is 2.38. The summed E-state index contributed by atoms with van der Waals surface area (Å²) in [6.07, 6.45) is -4.76. The molecule has 0 radical (unpaired) electrons. The zero-order chi connectivity index (χ0) is 19.9. The van der Waals surface area contributed by atoms with Gasteiger partial charge in [0.05, 0.1) is 16.8 Å². The van der Waals surface area contributed by atoms with Gasteiger partial charge in [0.15, 0.2) is 0 Å². The largest absolute Gasteiger partial charge is 0.441 e. The molecule has 0 saturated carbocycles. The number of hydrogen-bond acceptors (Lipinski definition) is 7. The highest BCUT2D eigenvalue weighted by molar-refractivity contribution is 5.88. The number of aromatic nitrogens is 3. The number of pyridine rings is 1. The number of nitrogens with zero attached hydrogens (tertiary/aromatic N) is 4. The van der Waals surface area contributed by atoms with Gasteiger partial charge in [-0.2, -0.15) is 13.2 Å². The van der Waals surface area contributed by atoms with E-state index in [9.17, 15) is 18.0 Å². The Labute approximate surface area is 158 Å². The first-order valence-electron chi connectivity index (χ1n) is 8.71. The SMILES string of the molecule is CC1OC(=O)Nc2ncnc(-c3cc(C(F)(F)F)cc(N4CCNCC4)n3)c21. The number of anilines is 2. The summed E-state index contributed by atoms with van der Waals surface area (Å²) in [6.45, 7) is 4.02. The van der Waals surface area contributed by atoms with Crippen molar-refractivity contribution in [3.8, 4) is 11.4 Å². The molecule has 1 atom stereocenters. The first-order valence-corrected chi connectivity index (χ1v) is 8.71. The normalized spacial score (nSPS) is 19.6. The van der Waals surface area contributed by atoms with E-state index in [1.165, 1.54) is 6.33 Å². The minimum absolute atomic E-state index is 0.0496. The quantitative estimate of drug-likeness (QED) is 0.809. The molecule has 1 unspecified atom stereocenters. The first-order chi connectivity index (χ1) is 13.3. The predicted octanol–water partition coefficient (Wildman–Crippen LogP) is 2.59. The number of nitrogens with one attached hydrogen (secondary N) is 2. The van der Waals surface area contributed by atoms with Crippen LogP contribution in [-0.4, -0.2) is 47.2 Å². The molecule has 4 heterocycles. The monoisotopic (exact) mass is 394 g/mol. The van der Waals surface area contributed by atoms with Crippen molar-refractivity contribution in [2.45, 2.75) is 19.2 Å². The average molecular weight is 394 g/mol. The van der Waals surface area contributed by atoms with Crippen molar-refractivity contribution in [2.75, 3.05) is 36.4 Å². The molecule has 1 amide bonds. The smallest absolute Gasteiger partial charge is 0.416 e. The summed E-state index contributed by atoms with van der Waals surface area (Å²) in [6, 6.07) is 2.00. The molecule has 2 aromatic heterocycles. The lowest BCUT2D eigenvalue weighted by Gasteiger charge is -2.29. The summed E-state index contributed by atoms with van der Waals surface area (Å²) in [7, 11) is 0. The van der Waals surface area contributed by atoms with Crippen LogP contribution in [0, 0.1) is 0 Å². The van der Waals surface area contributed by atoms with Crippen LogP contribution in [0.4, 0.5) is 29.6 Å². The van der Waals surface area contributed by atoms with Gasteiger partial charge in [0, 0.05) is 26.2 Å². The van der Waals surface area contributed by atoms with Gasteiger partial charge in [-0.1, -0.05) is 0 Å². The van der Waals surface area contributed by atoms with Gasteiger partial charge in [0.2, 0.25) is 0 Å². The molecule has 2 N–H and O–H groups in total. The standard InChI is InChI=1S/C17H17F3N6O2/c1-9-13-14(22-8-23-15(13)25-16(27)28-9)11-6-10(17(18,19)20)7-12(24-11)26-4-2-21-3-5-26/h6-9,21H,2-5H2,1H3,(H,22,23,25,27). The zero-order valence-electron chi connectivity index (χ0n) is 14.9. The van der Waals surface area contributed by atoms with E-state index in [2.05, 4.69) is 25.6 Å². The third-order valence-corrected chi connectivity index (χ3v) is 4.62. The second kappa shape index (κ2) is 6.89. The predicted molar refractivity (Wildman–Crippen MR) is 93.9 cm³/mol. The van der Waals surface area contributed by atoms with Crippen LogP contribution in [0.2, 0.25) is 0 Å². The molecule has 2 aromatic rings. The number of piperazine rings is 1. The fourth-order valence-corrected chi connectivity index (χ4v) is 3.29. The number of carbonyl (C=O) groups excluding carboxylic acids is 1. The van der Waals surface area contributed by atoms with Crippen molar-refractivity contribution >= 4 is 17.7 Å². The van der Waals surface area contributed by atoms with Gasteiger partial charge in [0.25, 0.3) is 0 Å². The third-order valence-electron chi connectivity index (χ3n) is 4.62. The fourth-order valence-electron chi connectivity index (χ4n) is 3.29. The molecular weight excluding hydrogens is 377 g/mol. The van der Waals surface area contributed by atoms with Crippen LogP contribution in [0.25, 0.3) is 11.4 Å². The molecule has 0 aliphatic carbocycles. The van der Waals surface area contributed by atoms with Gasteiger partial charge in [-0.15, -0.1) is 0 Å². The number of fused-ring (bicyclic) bond motifs is 1. The molecule has 11 heteroatoms. The molecule has 0 aromatic carbocycles. The van der Waals surface area contributed by atoms with Crippen LogP contribution in [-0.2, 0) is 10.9 Å². The molecule has 2 aliphatic rings. The Morgan fingerprint density at radius 2 is 1.96 bits per heavy atom. The number of alkyl halides is 3. The van der Waals surface area contributed by atoms with Crippen molar-refractivity contribution in [1.82, 2.24) is 20.3 Å². The summed E-state index contributed by atoms with van der Waals surface area (Å²) >= 11 is 0. The van der Waals surface area contributed by atoms with Crippen molar-refractivity contribution in [2.24, 2.45) is 0 Å². The second-order valence-electron chi connectivity index (χ2n) is 6.49. The molecule has 148 valence electrons. The van der Waals surface area contributed by atoms with Crippen molar-refractivity contribution in [3.05, 3.63) is 29.6 Å². The Morgan fingerprint density at radius 3 is 2.68 bits per heavy atom. The topological polar surface area (TPSA) is 92.3 Å². The van der Waals surface area contributed by atoms with Crippen LogP contribution in [0.15, 0.2) is 18.5 Å². The van der Waals surface area contributed by atoms with E-state index in [1.807, 2.05) is 0 Å². The van der Waals surface area contributed by atoms with Gasteiger partial charge in [-0.3, -0.25) is 5.32 Å². The molecule has 1 saturated heterocycles. The van der Waals surface area contributed by atoms with E-state index in [0.717, 1.165) is 12.1 Å². The van der Waals surface area contributed by atoms with E-state index in [1.54, 1.807) is 11.8 Å². The van der Waals surface area contributed by atoms with Crippen LogP contribution >= 0.6 is 0 Å². The Kier molecular flexibility index (Phi) is 4.53. The lowest BCUT2D eigenvalue weighted by Crippen LogP contribution is -2.44. The van der Waals surface area contributed by atoms with E-state index in [4.69, 9.17) is 4.74 Å². The van der Waals surface area contributed by atoms with Crippen LogP contribution < -0.4 is 15.5 Å². The van der Waals surface area contributed by atoms with Crippen molar-refractivity contribution < 1.29 is 22.7 Å². The van der Waals surface area contributed by atoms with E-state index < -0.39 is 23.9 Å². The average Bonchev–Trinajstić information content (AvgIpc) is 2.67. The van der Waals surface area contributed by atoms with E-state index >= 15 is 0 Å². The summed E-state index contributed by atoms with van der Waals surface area (Å²) in [5.41, 5.74) is -0.180. The molecule has 2 aliphatic heterocycles. The van der Waals surface area contributed by atoms with Crippen LogP contribution in [0.3, 0.4) is 0 Å². The highest BCUT2D eigenvalue weighted by Gasteiger charge is 2.34. The fraction of sp³-hybridized carbons (Fsp3) is 0.412. The van der Waals surface area contributed by atoms with Crippen LogP contribution in [0.1, 0.15) is 24.2 Å². The molecule has 0 bridgehead atoms. The van der Waals surface area contributed by atoms with Gasteiger partial charge in [-0.25, -0.2) is 19.7 Å². The Balaban J connectivity index is 1.86. The van der Waals surface area contributed by atoms with Crippen LogP contribution in [0.5, 0.6) is 0 Å². The van der Waals surface area contributed by atoms with Crippen molar-refractivity contribution in [3.63, 3.8) is 0 Å². The number of hydrogen-bond donors (Lipinski definition) is 2. The lowest BCUT2D eigenvalue weighted by atomic mass is 10.0. The first kappa shape index (κ1) is 18.4. The third kappa shape index (κ3) is 3.44. The molecule has 4 rings (SSSR count). The number of halogens is 3. The number of carbonyl (C=O) groups is 1. The number of amides is 1. The van der Waals surface area contributed by atoms with Gasteiger partial charge < -0.3 is 15.0 Å². The lowest BCUT2D eigenvalue weighted by molar-refractivity contribution is -0.137. The molecule has 0 spiro atoms. The van der Waals surface area contributed by atoms with Gasteiger partial charge >= 0.3 is 12.3 Å². The summed E-state index contributed by atoms with van der Waals surface area (Å²) in [4.78, 5) is 25.9. The summed E-state index contributed by atoms with van der Waals surface area (Å²) in [5, 5.41) is 5.60. The highest BCUT2D eigenvalue weighted by atomic mass is 19.4. The summed E-state index contributed by atoms with van der Waals surface area (Å²) in [5.74, 6) is 0.434. The molecule has 8 nitrogen and oxygen atoms in total.